The highest BCUT2D eigenvalue weighted by atomic mass is 16.3. The van der Waals surface area contributed by atoms with Gasteiger partial charge in [-0.25, -0.2) is 0 Å². The molecule has 2 N–H and O–H groups in total. The first kappa shape index (κ1) is 18.7. The minimum atomic E-state index is -0.807. The lowest BCUT2D eigenvalue weighted by Crippen LogP contribution is -3.07. The summed E-state index contributed by atoms with van der Waals surface area (Å²) in [6.07, 6.45) is 5.17. The molecule has 26 heavy (non-hydrogen) atoms. The number of quaternary nitrogens is 1. The van der Waals surface area contributed by atoms with Crippen LogP contribution >= 0.6 is 0 Å². The number of aliphatic hydroxyl groups is 1. The van der Waals surface area contributed by atoms with E-state index < -0.39 is 5.60 Å². The van der Waals surface area contributed by atoms with Crippen LogP contribution in [0.25, 0.3) is 0 Å². The van der Waals surface area contributed by atoms with Crippen molar-refractivity contribution in [1.29, 1.82) is 0 Å². The highest BCUT2D eigenvalue weighted by molar-refractivity contribution is 5.26. The molecular formula is C24H30NO+. The highest BCUT2D eigenvalue weighted by Gasteiger charge is 2.39. The van der Waals surface area contributed by atoms with E-state index in [0.29, 0.717) is 12.3 Å². The zero-order valence-corrected chi connectivity index (χ0v) is 15.7. The molecule has 1 saturated carbocycles. The van der Waals surface area contributed by atoms with Crippen molar-refractivity contribution in [3.63, 3.8) is 0 Å². The summed E-state index contributed by atoms with van der Waals surface area (Å²) >= 11 is 0. The molecule has 0 bridgehead atoms. The number of benzene rings is 2. The fraction of sp³-hybridized carbons (Fsp3) is 0.417. The molecule has 1 aliphatic rings. The first-order valence-electron chi connectivity index (χ1n) is 9.77. The second kappa shape index (κ2) is 9.03. The molecule has 1 fully saturated rings. The second-order valence-corrected chi connectivity index (χ2v) is 7.60. The largest absolute Gasteiger partial charge is 0.384 e. The third-order valence-electron chi connectivity index (χ3n) is 5.53. The summed E-state index contributed by atoms with van der Waals surface area (Å²) in [6.45, 7) is 1.77. The van der Waals surface area contributed by atoms with Crippen LogP contribution in [-0.2, 0) is 12.1 Å². The van der Waals surface area contributed by atoms with Gasteiger partial charge in [0, 0.05) is 12.0 Å². The summed E-state index contributed by atoms with van der Waals surface area (Å²) in [5, 5.41) is 11.5. The molecule has 2 nitrogen and oxygen atoms in total. The number of hydrogen-bond donors (Lipinski definition) is 2. The first-order valence-corrected chi connectivity index (χ1v) is 9.77. The number of nitrogens with one attached hydrogen (secondary N) is 1. The fourth-order valence-corrected chi connectivity index (χ4v) is 4.03. The standard InChI is InChI=1S/C24H29NO/c1-25(20-21-12-4-2-5-13-21)19-11-10-18-24(26,23-16-8-9-17-23)22-14-6-3-7-15-22/h2-7,12-15,23,26H,8-9,16-20H2,1H3/p+1/t24-/m1/s1. The van der Waals surface area contributed by atoms with E-state index in [2.05, 4.69) is 43.2 Å². The van der Waals surface area contributed by atoms with Crippen LogP contribution in [0.4, 0.5) is 0 Å². The van der Waals surface area contributed by atoms with Crippen molar-refractivity contribution in [3.05, 3.63) is 71.8 Å². The average Bonchev–Trinajstić information content (AvgIpc) is 3.22. The summed E-state index contributed by atoms with van der Waals surface area (Å²) in [5.74, 6) is 6.93. The van der Waals surface area contributed by atoms with Crippen molar-refractivity contribution in [2.24, 2.45) is 5.92 Å². The molecule has 0 radical (unpaired) electrons. The fourth-order valence-electron chi connectivity index (χ4n) is 4.03. The monoisotopic (exact) mass is 348 g/mol. The number of hydrogen-bond acceptors (Lipinski definition) is 1. The minimum Gasteiger partial charge on any atom is -0.384 e. The Morgan fingerprint density at radius 1 is 0.962 bits per heavy atom. The predicted octanol–water partition coefficient (Wildman–Crippen LogP) is 3.17. The lowest BCUT2D eigenvalue weighted by Gasteiger charge is -2.33. The van der Waals surface area contributed by atoms with Gasteiger partial charge in [0.1, 0.15) is 18.7 Å². The Bertz CT molecular complexity index is 725. The number of rotatable bonds is 6. The Kier molecular flexibility index (Phi) is 6.50. The van der Waals surface area contributed by atoms with E-state index in [-0.39, 0.29) is 0 Å². The molecule has 0 amide bonds. The topological polar surface area (TPSA) is 24.7 Å². The van der Waals surface area contributed by atoms with E-state index >= 15 is 0 Å². The van der Waals surface area contributed by atoms with E-state index in [4.69, 9.17) is 0 Å². The molecule has 1 unspecified atom stereocenters. The Morgan fingerprint density at radius 3 is 2.23 bits per heavy atom. The van der Waals surface area contributed by atoms with Gasteiger partial charge in [-0.3, -0.25) is 0 Å². The smallest absolute Gasteiger partial charge is 0.139 e. The normalized spacial score (nSPS) is 17.9. The van der Waals surface area contributed by atoms with Crippen LogP contribution in [-0.4, -0.2) is 18.7 Å². The van der Waals surface area contributed by atoms with Crippen LogP contribution in [0.3, 0.4) is 0 Å². The van der Waals surface area contributed by atoms with E-state index in [9.17, 15) is 5.11 Å². The Morgan fingerprint density at radius 2 is 1.58 bits per heavy atom. The Balaban J connectivity index is 1.62. The van der Waals surface area contributed by atoms with Gasteiger partial charge in [-0.2, -0.15) is 0 Å². The predicted molar refractivity (Wildman–Crippen MR) is 107 cm³/mol. The molecule has 0 saturated heterocycles. The molecule has 2 atom stereocenters. The maximum atomic E-state index is 11.5. The third-order valence-corrected chi connectivity index (χ3v) is 5.53. The molecule has 0 heterocycles. The van der Waals surface area contributed by atoms with Gasteiger partial charge in [-0.1, -0.05) is 79.4 Å². The summed E-state index contributed by atoms with van der Waals surface area (Å²) in [6, 6.07) is 20.7. The molecule has 2 heteroatoms. The Labute approximate surface area is 157 Å². The van der Waals surface area contributed by atoms with Crippen molar-refractivity contribution in [1.82, 2.24) is 0 Å². The van der Waals surface area contributed by atoms with E-state index in [1.807, 2.05) is 36.4 Å². The van der Waals surface area contributed by atoms with Gasteiger partial charge in [0.2, 0.25) is 0 Å². The van der Waals surface area contributed by atoms with Gasteiger partial charge < -0.3 is 10.0 Å². The maximum Gasteiger partial charge on any atom is 0.139 e. The molecule has 3 rings (SSSR count). The van der Waals surface area contributed by atoms with Gasteiger partial charge in [-0.15, -0.1) is 0 Å². The lowest BCUT2D eigenvalue weighted by molar-refractivity contribution is -0.886. The summed E-state index contributed by atoms with van der Waals surface area (Å²) in [5.41, 5.74) is 1.54. The van der Waals surface area contributed by atoms with Crippen LogP contribution < -0.4 is 4.90 Å². The van der Waals surface area contributed by atoms with Crippen molar-refractivity contribution >= 4 is 0 Å². The molecule has 0 spiro atoms. The average molecular weight is 349 g/mol. The van der Waals surface area contributed by atoms with Crippen LogP contribution in [0, 0.1) is 17.8 Å². The zero-order valence-electron chi connectivity index (χ0n) is 15.7. The highest BCUT2D eigenvalue weighted by Crippen LogP contribution is 2.42. The summed E-state index contributed by atoms with van der Waals surface area (Å²) < 4.78 is 0. The molecule has 0 aliphatic heterocycles. The van der Waals surface area contributed by atoms with Crippen LogP contribution in [0.1, 0.15) is 43.2 Å². The minimum absolute atomic E-state index is 0.327. The van der Waals surface area contributed by atoms with Crippen LogP contribution in [0.2, 0.25) is 0 Å². The van der Waals surface area contributed by atoms with Crippen molar-refractivity contribution in [2.75, 3.05) is 13.6 Å². The Hall–Kier alpha value is -2.08. The van der Waals surface area contributed by atoms with Gasteiger partial charge in [0.05, 0.1) is 7.05 Å². The van der Waals surface area contributed by atoms with Gasteiger partial charge >= 0.3 is 0 Å². The van der Waals surface area contributed by atoms with E-state index in [1.54, 1.807) is 0 Å². The third kappa shape index (κ3) is 4.75. The zero-order chi connectivity index (χ0) is 18.2. The lowest BCUT2D eigenvalue weighted by atomic mass is 9.78. The second-order valence-electron chi connectivity index (χ2n) is 7.60. The summed E-state index contributed by atoms with van der Waals surface area (Å²) in [7, 11) is 2.17. The molecule has 136 valence electrons. The quantitative estimate of drug-likeness (QED) is 0.770. The van der Waals surface area contributed by atoms with Crippen molar-refractivity contribution in [2.45, 2.75) is 44.2 Å². The van der Waals surface area contributed by atoms with Crippen molar-refractivity contribution < 1.29 is 10.0 Å². The summed E-state index contributed by atoms with van der Waals surface area (Å²) in [4.78, 5) is 1.37. The molecule has 2 aromatic carbocycles. The van der Waals surface area contributed by atoms with Gasteiger partial charge in [-0.05, 0) is 30.2 Å². The first-order chi connectivity index (χ1) is 12.7. The van der Waals surface area contributed by atoms with E-state index in [0.717, 1.165) is 31.5 Å². The maximum absolute atomic E-state index is 11.5. The molecule has 1 aliphatic carbocycles. The van der Waals surface area contributed by atoms with Gasteiger partial charge in [0.25, 0.3) is 0 Å². The molecule has 0 aromatic heterocycles. The van der Waals surface area contributed by atoms with Crippen LogP contribution in [0.5, 0.6) is 0 Å². The molecule has 2 aromatic rings. The molecular weight excluding hydrogens is 318 g/mol. The van der Waals surface area contributed by atoms with E-state index in [1.165, 1.54) is 23.3 Å². The van der Waals surface area contributed by atoms with Crippen molar-refractivity contribution in [3.8, 4) is 11.8 Å². The van der Waals surface area contributed by atoms with Gasteiger partial charge in [0.15, 0.2) is 0 Å². The van der Waals surface area contributed by atoms with Crippen LogP contribution in [0.15, 0.2) is 60.7 Å². The SMILES string of the molecule is C[NH+](CC#CC[C@@](O)(c1ccccc1)C1CCCC1)Cc1ccccc1.